The maximum absolute atomic E-state index is 8.00. The van der Waals surface area contributed by atoms with Gasteiger partial charge in [-0.2, -0.15) is 0 Å². The van der Waals surface area contributed by atoms with Gasteiger partial charge in [-0.3, -0.25) is 0 Å². The van der Waals surface area contributed by atoms with E-state index in [1.165, 1.54) is 0 Å². The van der Waals surface area contributed by atoms with Crippen molar-refractivity contribution in [1.29, 1.82) is 0 Å². The molecular formula is H4CoN7NaO12-4. The van der Waals surface area contributed by atoms with Crippen LogP contribution in [-0.2, 0) is 16.8 Å². The molecule has 21 heteroatoms. The van der Waals surface area contributed by atoms with E-state index in [9.17, 15) is 0 Å². The third-order valence-corrected chi connectivity index (χ3v) is 0. The van der Waals surface area contributed by atoms with Crippen LogP contribution in [0.3, 0.4) is 0 Å². The zero-order valence-corrected chi connectivity index (χ0v) is 13.0. The summed E-state index contributed by atoms with van der Waals surface area (Å²) in [5, 5.41) is 54.0. The van der Waals surface area contributed by atoms with E-state index in [0.29, 0.717) is 0 Å². The predicted molar refractivity (Wildman–Crippen MR) is 61.0 cm³/mol. The molecule has 0 bridgehead atoms. The molecule has 0 amide bonds. The molecule has 1 radical (unpaired) electrons. The van der Waals surface area contributed by atoms with Gasteiger partial charge in [0.05, 0.1) is 0 Å². The molecule has 0 aromatic heterocycles. The molecule has 0 heterocycles. The van der Waals surface area contributed by atoms with Crippen LogP contribution in [0.15, 0.2) is 32.0 Å². The van der Waals surface area contributed by atoms with Crippen molar-refractivity contribution in [2.24, 2.45) is 32.0 Å². The zero-order valence-electron chi connectivity index (χ0n) is 9.92. The molecule has 19 nitrogen and oxygen atoms in total. The molecule has 4 N–H and O–H groups in total. The van der Waals surface area contributed by atoms with Gasteiger partial charge in [0.2, 0.25) is 0 Å². The second-order valence-electron chi connectivity index (χ2n) is 0.447. The topological polar surface area (TPSA) is 351 Å². The third kappa shape index (κ3) is 988. The molecule has 0 fully saturated rings. The number of hydrogen-bond acceptors (Lipinski definition) is 18. The van der Waals surface area contributed by atoms with E-state index in [2.05, 4.69) is 0 Å². The Kier molecular flexibility index (Phi) is 1000. The van der Waals surface area contributed by atoms with Crippen LogP contribution in [0, 0.1) is 60.7 Å². The Hall–Kier alpha value is -2.13. The maximum atomic E-state index is 8.00. The van der Waals surface area contributed by atoms with Gasteiger partial charge in [0.25, 0.3) is 0 Å². The summed E-state index contributed by atoms with van der Waals surface area (Å²) >= 11 is 0. The summed E-state index contributed by atoms with van der Waals surface area (Å²) in [5.74, 6) is 0. The molecule has 0 atom stereocenters. The Bertz CT molecular complexity index is 121. The van der Waals surface area contributed by atoms with Crippen molar-refractivity contribution in [3.63, 3.8) is 0 Å². The van der Waals surface area contributed by atoms with E-state index in [0.717, 1.165) is 32.0 Å². The quantitative estimate of drug-likeness (QED) is 0.298. The van der Waals surface area contributed by atoms with E-state index in [4.69, 9.17) is 60.7 Å². The van der Waals surface area contributed by atoms with Crippen LogP contribution in [0.1, 0.15) is 0 Å². The summed E-state index contributed by atoms with van der Waals surface area (Å²) in [6.07, 6.45) is 0. The fraction of sp³-hybridized carbons (Fsp3) is 0. The summed E-state index contributed by atoms with van der Waals surface area (Å²) in [7, 11) is 0. The Labute approximate surface area is 145 Å². The average molecular weight is 376 g/mol. The first-order valence-electron chi connectivity index (χ1n) is 2.19. The molecule has 21 heavy (non-hydrogen) atoms. The summed E-state index contributed by atoms with van der Waals surface area (Å²) in [5.41, 5.74) is 0. The third-order valence-electron chi connectivity index (χ3n) is 0. The van der Waals surface area contributed by atoms with Gasteiger partial charge in [-0.15, -0.1) is 32.0 Å². The van der Waals surface area contributed by atoms with E-state index in [-0.39, 0.29) is 52.5 Å². The molecule has 0 aliphatic carbocycles. The van der Waals surface area contributed by atoms with Crippen molar-refractivity contribution in [2.45, 2.75) is 0 Å². The van der Waals surface area contributed by atoms with Crippen molar-refractivity contribution in [3.05, 3.63) is 60.7 Å². The number of rotatable bonds is 0. The summed E-state index contributed by atoms with van der Waals surface area (Å²) in [6, 6.07) is 0. The largest absolute Gasteiger partial charge is 1.00 e. The summed E-state index contributed by atoms with van der Waals surface area (Å²) in [4.78, 5) is 48.0. The predicted octanol–water partition coefficient (Wildman–Crippen LogP) is -1.12. The van der Waals surface area contributed by atoms with Crippen molar-refractivity contribution in [2.75, 3.05) is 0 Å². The van der Waals surface area contributed by atoms with Crippen molar-refractivity contribution < 1.29 is 46.3 Å². The van der Waals surface area contributed by atoms with Crippen LogP contribution < -0.4 is 35.7 Å². The van der Waals surface area contributed by atoms with E-state index >= 15 is 0 Å². The second kappa shape index (κ2) is 340. The van der Waals surface area contributed by atoms with Crippen LogP contribution in [0.25, 0.3) is 0 Å². The molecule has 125 valence electrons. The van der Waals surface area contributed by atoms with Crippen LogP contribution in [0.2, 0.25) is 0 Å². The first-order chi connectivity index (χ1) is 8.49. The van der Waals surface area contributed by atoms with E-state index < -0.39 is 0 Å². The first-order valence-corrected chi connectivity index (χ1v) is 2.19. The van der Waals surface area contributed by atoms with Crippen LogP contribution in [0.5, 0.6) is 0 Å². The monoisotopic (exact) mass is 376 g/mol. The number of nitrogens with zero attached hydrogens (tertiary/aromatic N) is 6. The minimum atomic E-state index is 0. The van der Waals surface area contributed by atoms with Gasteiger partial charge in [0.1, 0.15) is 0 Å². The first kappa shape index (κ1) is 61.9. The van der Waals surface area contributed by atoms with Crippen LogP contribution in [-0.4, -0.2) is 0 Å². The van der Waals surface area contributed by atoms with Gasteiger partial charge >= 0.3 is 29.6 Å². The Morgan fingerprint density at radius 1 is 0.429 bits per heavy atom. The van der Waals surface area contributed by atoms with Crippen molar-refractivity contribution >= 4 is 0 Å². The fourth-order valence-corrected chi connectivity index (χ4v) is 0. The van der Waals surface area contributed by atoms with Crippen molar-refractivity contribution in [1.82, 2.24) is 6.15 Å². The van der Waals surface area contributed by atoms with Gasteiger partial charge in [-0.05, 0) is 0 Å². The van der Waals surface area contributed by atoms with Crippen LogP contribution >= 0.6 is 0 Å². The molecule has 0 spiro atoms. The fourth-order valence-electron chi connectivity index (χ4n) is 0. The minimum absolute atomic E-state index is 0. The Balaban J connectivity index is -0.0000000114. The molecule has 0 aliphatic rings. The standard InChI is InChI=1S/Co.6HNO2.H3N.Na/c;6*2-1-3;;/h;6*(H,2,3);1H3;/q;;;;;;;;+1/p-5. The average Bonchev–Trinajstić information content (AvgIpc) is 2.23. The molecule has 0 unspecified atom stereocenters. The number of quaternary nitrogens is 1. The second-order valence-corrected chi connectivity index (χ2v) is 0.447. The summed E-state index contributed by atoms with van der Waals surface area (Å²) < 4.78 is 0. The molecule has 0 aromatic rings. The smallest absolute Gasteiger partial charge is 0.444 e. The van der Waals surface area contributed by atoms with E-state index in [1.54, 1.807) is 0 Å². The van der Waals surface area contributed by atoms with E-state index in [1.807, 2.05) is 0 Å². The molecule has 0 saturated carbocycles. The molecule has 0 rings (SSSR count). The van der Waals surface area contributed by atoms with Crippen molar-refractivity contribution in [3.8, 4) is 0 Å². The maximum Gasteiger partial charge on any atom is 1.00 e. The van der Waals surface area contributed by atoms with Gasteiger partial charge in [0, 0.05) is 16.8 Å². The van der Waals surface area contributed by atoms with Gasteiger partial charge in [-0.1, -0.05) is 0 Å². The SMILES string of the molecule is O=N[O-].O=N[O-].O=N[O-].O=N[O-].O=N[O-].O=N[O-].[Co].[NH4+].[Na+]. The van der Waals surface area contributed by atoms with Gasteiger partial charge in [0.15, 0.2) is 0 Å². The molecular weight excluding hydrogens is 372 g/mol. The molecule has 0 aromatic carbocycles. The zero-order chi connectivity index (χ0) is 16.2. The molecule has 0 saturated heterocycles. The van der Waals surface area contributed by atoms with Crippen LogP contribution in [0.4, 0.5) is 0 Å². The van der Waals surface area contributed by atoms with Gasteiger partial charge < -0.3 is 66.8 Å². The number of hydrogen-bond donors (Lipinski definition) is 1. The molecule has 0 aliphatic heterocycles. The Morgan fingerprint density at radius 3 is 0.429 bits per heavy atom. The van der Waals surface area contributed by atoms with Gasteiger partial charge in [-0.25, -0.2) is 0 Å². The Morgan fingerprint density at radius 2 is 0.429 bits per heavy atom. The minimum Gasteiger partial charge on any atom is -0.444 e. The normalized spacial score (nSPS) is 3.43. The summed E-state index contributed by atoms with van der Waals surface area (Å²) in [6.45, 7) is 0.